The van der Waals surface area contributed by atoms with E-state index < -0.39 is 0 Å². The first-order valence-corrected chi connectivity index (χ1v) is 18.5. The van der Waals surface area contributed by atoms with E-state index in [0.29, 0.717) is 5.82 Å². The minimum atomic E-state index is 0.662. The van der Waals surface area contributed by atoms with Crippen molar-refractivity contribution in [3.05, 3.63) is 188 Å². The maximum Gasteiger partial charge on any atom is 0.160 e. The Kier molecular flexibility index (Phi) is 7.14. The second-order valence-corrected chi connectivity index (χ2v) is 14.0. The molecule has 8 aromatic carbocycles. The molecule has 3 aromatic heterocycles. The number of fused-ring (bicyclic) bond motifs is 7. The van der Waals surface area contributed by atoms with Gasteiger partial charge in [-0.2, -0.15) is 0 Å². The fourth-order valence-electron chi connectivity index (χ4n) is 8.17. The Bertz CT molecular complexity index is 3270. The van der Waals surface area contributed by atoms with Crippen molar-refractivity contribution in [3.63, 3.8) is 0 Å². The lowest BCUT2D eigenvalue weighted by Crippen LogP contribution is -1.97. The molecule has 0 aliphatic carbocycles. The fraction of sp³-hybridized carbons (Fsp3) is 0. The van der Waals surface area contributed by atoms with Gasteiger partial charge in [0, 0.05) is 39.0 Å². The predicted molar refractivity (Wildman–Crippen MR) is 227 cm³/mol. The number of furan rings is 1. The summed E-state index contributed by atoms with van der Waals surface area (Å²) in [5, 5.41) is 8.08. The van der Waals surface area contributed by atoms with Gasteiger partial charge in [0.25, 0.3) is 0 Å². The quantitative estimate of drug-likeness (QED) is 0.168. The molecule has 0 spiro atoms. The normalized spacial score (nSPS) is 11.6. The van der Waals surface area contributed by atoms with Crippen molar-refractivity contribution >= 4 is 54.4 Å². The number of hydrogen-bond donors (Lipinski definition) is 0. The Hall–Kier alpha value is -7.43. The molecule has 3 heterocycles. The third kappa shape index (κ3) is 5.26. The first-order chi connectivity index (χ1) is 27.2. The molecule has 0 bridgehead atoms. The standard InChI is InChI=1S/C51H31N3O/c1-2-13-32(14-3-1)51-53-46(31-47(54-51)42-21-11-25-49-50(42)43-19-8-9-24-48(43)55-49)36-28-34(38-20-10-23-45-41(38)22-12-26-52-45)27-35(29-36)44-30-33-15-4-5-16-37(33)39-17-6-7-18-40(39)44/h1-31H. The van der Waals surface area contributed by atoms with Gasteiger partial charge in [0.05, 0.1) is 16.9 Å². The lowest BCUT2D eigenvalue weighted by Gasteiger charge is -2.16. The maximum atomic E-state index is 6.33. The SMILES string of the molecule is c1ccc(-c2nc(-c3cc(-c4cccc5ncccc45)cc(-c4cc5ccccc5c5ccccc45)c3)cc(-c3cccc4oc5ccccc5c34)n2)cc1. The Labute approximate surface area is 317 Å². The van der Waals surface area contributed by atoms with Crippen molar-refractivity contribution in [1.82, 2.24) is 15.0 Å². The third-order valence-electron chi connectivity index (χ3n) is 10.7. The molecule has 0 aliphatic heterocycles. The molecule has 0 radical (unpaired) electrons. The van der Waals surface area contributed by atoms with Crippen LogP contribution >= 0.6 is 0 Å². The lowest BCUT2D eigenvalue weighted by molar-refractivity contribution is 0.669. The number of para-hydroxylation sites is 1. The van der Waals surface area contributed by atoms with Crippen LogP contribution in [0.5, 0.6) is 0 Å². The molecule has 0 unspecified atom stereocenters. The van der Waals surface area contributed by atoms with E-state index in [1.54, 1.807) is 0 Å². The molecule has 0 saturated heterocycles. The number of rotatable bonds is 5. The maximum absolute atomic E-state index is 6.33. The van der Waals surface area contributed by atoms with Gasteiger partial charge in [0.1, 0.15) is 11.2 Å². The molecule has 0 amide bonds. The summed E-state index contributed by atoms with van der Waals surface area (Å²) in [6, 6.07) is 63.9. The number of aromatic nitrogens is 3. The number of hydrogen-bond acceptors (Lipinski definition) is 4. The van der Waals surface area contributed by atoms with Crippen molar-refractivity contribution in [1.29, 1.82) is 0 Å². The van der Waals surface area contributed by atoms with E-state index in [4.69, 9.17) is 19.4 Å². The van der Waals surface area contributed by atoms with Crippen molar-refractivity contribution in [2.24, 2.45) is 0 Å². The summed E-state index contributed by atoms with van der Waals surface area (Å²) < 4.78 is 6.33. The molecule has 256 valence electrons. The van der Waals surface area contributed by atoms with Crippen LogP contribution in [-0.4, -0.2) is 15.0 Å². The average molecular weight is 702 g/mol. The van der Waals surface area contributed by atoms with Crippen molar-refractivity contribution in [3.8, 4) is 56.2 Å². The Balaban J connectivity index is 1.22. The topological polar surface area (TPSA) is 51.8 Å². The van der Waals surface area contributed by atoms with Gasteiger partial charge < -0.3 is 4.42 Å². The average Bonchev–Trinajstić information content (AvgIpc) is 3.65. The highest BCUT2D eigenvalue weighted by Gasteiger charge is 2.19. The van der Waals surface area contributed by atoms with Crippen LogP contribution in [0.4, 0.5) is 0 Å². The summed E-state index contributed by atoms with van der Waals surface area (Å²) in [6.07, 6.45) is 1.85. The van der Waals surface area contributed by atoms with Gasteiger partial charge in [0.15, 0.2) is 5.82 Å². The molecule has 4 nitrogen and oxygen atoms in total. The third-order valence-corrected chi connectivity index (χ3v) is 10.7. The van der Waals surface area contributed by atoms with Crippen LogP contribution in [0.3, 0.4) is 0 Å². The first-order valence-electron chi connectivity index (χ1n) is 18.5. The summed E-state index contributed by atoms with van der Waals surface area (Å²) in [7, 11) is 0. The van der Waals surface area contributed by atoms with E-state index in [9.17, 15) is 0 Å². The second kappa shape index (κ2) is 12.6. The molecular weight excluding hydrogens is 671 g/mol. The van der Waals surface area contributed by atoms with Crippen LogP contribution < -0.4 is 0 Å². The summed E-state index contributed by atoms with van der Waals surface area (Å²) in [4.78, 5) is 15.3. The van der Waals surface area contributed by atoms with Crippen LogP contribution in [-0.2, 0) is 0 Å². The molecular formula is C51H31N3O. The lowest BCUT2D eigenvalue weighted by atomic mass is 9.89. The minimum absolute atomic E-state index is 0.662. The van der Waals surface area contributed by atoms with E-state index in [1.807, 2.05) is 54.7 Å². The summed E-state index contributed by atoms with van der Waals surface area (Å²) in [5.41, 5.74) is 11.7. The van der Waals surface area contributed by atoms with E-state index >= 15 is 0 Å². The largest absolute Gasteiger partial charge is 0.456 e. The zero-order chi connectivity index (χ0) is 36.3. The Morgan fingerprint density at radius 3 is 1.91 bits per heavy atom. The van der Waals surface area contributed by atoms with Crippen LogP contribution in [0.1, 0.15) is 0 Å². The molecule has 0 N–H and O–H groups in total. The molecule has 0 atom stereocenters. The highest BCUT2D eigenvalue weighted by molar-refractivity contribution is 6.15. The van der Waals surface area contributed by atoms with Gasteiger partial charge in [-0.15, -0.1) is 0 Å². The molecule has 11 aromatic rings. The predicted octanol–water partition coefficient (Wildman–Crippen LogP) is 13.6. The zero-order valence-corrected chi connectivity index (χ0v) is 29.6. The van der Waals surface area contributed by atoms with E-state index in [2.05, 4.69) is 133 Å². The first kappa shape index (κ1) is 31.1. The molecule has 0 saturated carbocycles. The summed E-state index contributed by atoms with van der Waals surface area (Å²) >= 11 is 0. The van der Waals surface area contributed by atoms with Crippen LogP contribution in [0.15, 0.2) is 193 Å². The molecule has 0 aliphatic rings. The number of nitrogens with zero attached hydrogens (tertiary/aromatic N) is 3. The van der Waals surface area contributed by atoms with Gasteiger partial charge in [0.2, 0.25) is 0 Å². The molecule has 55 heavy (non-hydrogen) atoms. The van der Waals surface area contributed by atoms with Gasteiger partial charge >= 0.3 is 0 Å². The van der Waals surface area contributed by atoms with Gasteiger partial charge in [-0.1, -0.05) is 127 Å². The number of benzene rings is 8. The van der Waals surface area contributed by atoms with Crippen molar-refractivity contribution in [2.75, 3.05) is 0 Å². The smallest absolute Gasteiger partial charge is 0.160 e. The fourth-order valence-corrected chi connectivity index (χ4v) is 8.17. The van der Waals surface area contributed by atoms with Crippen molar-refractivity contribution in [2.45, 2.75) is 0 Å². The van der Waals surface area contributed by atoms with Gasteiger partial charge in [-0.25, -0.2) is 9.97 Å². The van der Waals surface area contributed by atoms with Gasteiger partial charge in [-0.05, 0) is 98.4 Å². The highest BCUT2D eigenvalue weighted by Crippen LogP contribution is 2.42. The van der Waals surface area contributed by atoms with Gasteiger partial charge in [-0.3, -0.25) is 4.98 Å². The minimum Gasteiger partial charge on any atom is -0.456 e. The second-order valence-electron chi connectivity index (χ2n) is 14.0. The van der Waals surface area contributed by atoms with Crippen molar-refractivity contribution < 1.29 is 4.42 Å². The van der Waals surface area contributed by atoms with E-state index in [1.165, 1.54) is 27.1 Å². The molecule has 4 heteroatoms. The Morgan fingerprint density at radius 1 is 0.364 bits per heavy atom. The summed E-state index contributed by atoms with van der Waals surface area (Å²) in [5.74, 6) is 0.662. The summed E-state index contributed by atoms with van der Waals surface area (Å²) in [6.45, 7) is 0. The van der Waals surface area contributed by atoms with E-state index in [-0.39, 0.29) is 0 Å². The monoisotopic (exact) mass is 701 g/mol. The van der Waals surface area contributed by atoms with E-state index in [0.717, 1.165) is 77.6 Å². The highest BCUT2D eigenvalue weighted by atomic mass is 16.3. The molecule has 11 rings (SSSR count). The molecule has 0 fully saturated rings. The number of pyridine rings is 1. The Morgan fingerprint density at radius 2 is 1.02 bits per heavy atom. The van der Waals surface area contributed by atoms with Crippen LogP contribution in [0, 0.1) is 0 Å². The zero-order valence-electron chi connectivity index (χ0n) is 29.6. The van der Waals surface area contributed by atoms with Crippen LogP contribution in [0.2, 0.25) is 0 Å². The van der Waals surface area contributed by atoms with Crippen LogP contribution in [0.25, 0.3) is 111 Å².